The van der Waals surface area contributed by atoms with Crippen LogP contribution in [0.25, 0.3) is 10.1 Å². The number of fused-ring (bicyclic) bond motifs is 1. The molecule has 1 aromatic heterocycles. The molecule has 0 aliphatic rings. The quantitative estimate of drug-likeness (QED) is 0.650. The van der Waals surface area contributed by atoms with Crippen LogP contribution in [-0.2, 0) is 0 Å². The molecule has 0 spiro atoms. The fourth-order valence-corrected chi connectivity index (χ4v) is 2.33. The number of benzene rings is 1. The van der Waals surface area contributed by atoms with Gasteiger partial charge in [0.1, 0.15) is 0 Å². The zero-order valence-corrected chi connectivity index (χ0v) is 9.05. The maximum absolute atomic E-state index is 3.80. The van der Waals surface area contributed by atoms with Crippen molar-refractivity contribution in [2.24, 2.45) is 5.92 Å². The van der Waals surface area contributed by atoms with E-state index in [-0.39, 0.29) is 0 Å². The predicted molar refractivity (Wildman–Crippen MR) is 64.6 cm³/mol. The van der Waals surface area contributed by atoms with Crippen molar-refractivity contribution >= 4 is 21.4 Å². The van der Waals surface area contributed by atoms with Crippen molar-refractivity contribution in [3.05, 3.63) is 54.3 Å². The van der Waals surface area contributed by atoms with Crippen molar-refractivity contribution < 1.29 is 0 Å². The van der Waals surface area contributed by atoms with E-state index in [1.807, 2.05) is 6.08 Å². The Hall–Kier alpha value is -1.08. The molecule has 0 amide bonds. The Morgan fingerprint density at radius 2 is 2.21 bits per heavy atom. The van der Waals surface area contributed by atoms with Crippen LogP contribution in [-0.4, -0.2) is 0 Å². The predicted octanol–water partition coefficient (Wildman–Crippen LogP) is 4.28. The Morgan fingerprint density at radius 1 is 1.36 bits per heavy atom. The van der Waals surface area contributed by atoms with E-state index in [4.69, 9.17) is 0 Å². The third-order valence-corrected chi connectivity index (χ3v) is 3.23. The van der Waals surface area contributed by atoms with Crippen LogP contribution in [0.1, 0.15) is 12.5 Å². The largest absolute Gasteiger partial charge is 0.144 e. The van der Waals surface area contributed by atoms with Crippen molar-refractivity contribution in [1.82, 2.24) is 0 Å². The number of allylic oxidation sites excluding steroid dienone is 1. The van der Waals surface area contributed by atoms with Crippen molar-refractivity contribution in [1.29, 1.82) is 0 Å². The lowest BCUT2D eigenvalue weighted by molar-refractivity contribution is 0.879. The van der Waals surface area contributed by atoms with E-state index in [9.17, 15) is 0 Å². The number of rotatable bonds is 3. The van der Waals surface area contributed by atoms with E-state index < -0.39 is 0 Å². The standard InChI is InChI=1S/C13H13S/c1-3-10(2)9-11-5-4-6-13-12(11)7-8-14-13/h3-10H,1H2,2H3. The van der Waals surface area contributed by atoms with E-state index in [1.54, 1.807) is 11.3 Å². The fraction of sp³-hybridized carbons (Fsp3) is 0.154. The van der Waals surface area contributed by atoms with Crippen molar-refractivity contribution in [2.75, 3.05) is 0 Å². The summed E-state index contributed by atoms with van der Waals surface area (Å²) in [5.41, 5.74) is 1.32. The number of hydrogen-bond acceptors (Lipinski definition) is 1. The van der Waals surface area contributed by atoms with Crippen LogP contribution < -0.4 is 0 Å². The fourth-order valence-electron chi connectivity index (χ4n) is 1.51. The first-order valence-electron chi connectivity index (χ1n) is 4.75. The molecule has 1 radical (unpaired) electrons. The first kappa shape index (κ1) is 9.47. The average Bonchev–Trinajstić information content (AvgIpc) is 2.66. The molecule has 2 aromatic rings. The molecular weight excluding hydrogens is 188 g/mol. The molecule has 0 N–H and O–H groups in total. The number of thiophene rings is 1. The summed E-state index contributed by atoms with van der Waals surface area (Å²) in [6, 6.07) is 8.62. The van der Waals surface area contributed by atoms with Crippen LogP contribution >= 0.6 is 11.3 Å². The normalized spacial score (nSPS) is 12.9. The van der Waals surface area contributed by atoms with Gasteiger partial charge in [0, 0.05) is 4.70 Å². The molecule has 1 aromatic carbocycles. The van der Waals surface area contributed by atoms with Gasteiger partial charge in [-0.25, -0.2) is 0 Å². The summed E-state index contributed by atoms with van der Waals surface area (Å²) < 4.78 is 1.36. The lowest BCUT2D eigenvalue weighted by Crippen LogP contribution is -1.92. The highest BCUT2D eigenvalue weighted by Gasteiger charge is 2.04. The second-order valence-corrected chi connectivity index (χ2v) is 4.39. The van der Waals surface area contributed by atoms with E-state index in [0.717, 1.165) is 0 Å². The molecule has 0 aliphatic carbocycles. The van der Waals surface area contributed by atoms with E-state index in [2.05, 4.69) is 49.6 Å². The van der Waals surface area contributed by atoms with Gasteiger partial charge < -0.3 is 0 Å². The molecule has 1 unspecified atom stereocenters. The summed E-state index contributed by atoms with van der Waals surface area (Å²) in [4.78, 5) is 0. The van der Waals surface area contributed by atoms with Gasteiger partial charge in [0.2, 0.25) is 0 Å². The Morgan fingerprint density at radius 3 is 3.00 bits per heavy atom. The smallest absolute Gasteiger partial charge is 0.0345 e. The van der Waals surface area contributed by atoms with Gasteiger partial charge in [-0.05, 0) is 40.8 Å². The summed E-state index contributed by atoms with van der Waals surface area (Å²) in [5.74, 6) is 0.431. The molecule has 0 aliphatic heterocycles. The highest BCUT2D eigenvalue weighted by molar-refractivity contribution is 7.17. The first-order valence-corrected chi connectivity index (χ1v) is 5.63. The van der Waals surface area contributed by atoms with Crippen molar-refractivity contribution in [3.8, 4) is 0 Å². The van der Waals surface area contributed by atoms with Crippen molar-refractivity contribution in [3.63, 3.8) is 0 Å². The zero-order valence-electron chi connectivity index (χ0n) is 8.23. The molecule has 1 atom stereocenters. The molecule has 0 saturated carbocycles. The SMILES string of the molecule is C=CC(C)[CH]c1cccc2sccc12. The maximum atomic E-state index is 3.80. The van der Waals surface area contributed by atoms with Gasteiger partial charge in [0.05, 0.1) is 0 Å². The van der Waals surface area contributed by atoms with Crippen molar-refractivity contribution in [2.45, 2.75) is 6.92 Å². The average molecular weight is 201 g/mol. The van der Waals surface area contributed by atoms with Gasteiger partial charge >= 0.3 is 0 Å². The highest BCUT2D eigenvalue weighted by Crippen LogP contribution is 2.26. The molecule has 0 saturated heterocycles. The summed E-state index contributed by atoms with van der Waals surface area (Å²) >= 11 is 1.79. The maximum Gasteiger partial charge on any atom is 0.0345 e. The molecule has 0 fully saturated rings. The van der Waals surface area contributed by atoms with E-state index in [1.165, 1.54) is 15.6 Å². The molecule has 2 rings (SSSR count). The Balaban J connectivity index is 2.41. The van der Waals surface area contributed by atoms with Gasteiger partial charge in [-0.15, -0.1) is 17.9 Å². The highest BCUT2D eigenvalue weighted by atomic mass is 32.1. The van der Waals surface area contributed by atoms with Crippen LogP contribution in [0.2, 0.25) is 0 Å². The van der Waals surface area contributed by atoms with Crippen LogP contribution in [0.15, 0.2) is 42.3 Å². The van der Waals surface area contributed by atoms with Gasteiger partial charge in [0.15, 0.2) is 0 Å². The minimum Gasteiger partial charge on any atom is -0.144 e. The molecule has 1 heterocycles. The van der Waals surface area contributed by atoms with Gasteiger partial charge in [-0.2, -0.15) is 0 Å². The summed E-state index contributed by atoms with van der Waals surface area (Å²) in [6.45, 7) is 5.95. The lowest BCUT2D eigenvalue weighted by Gasteiger charge is -2.06. The minimum absolute atomic E-state index is 0.431. The Kier molecular flexibility index (Phi) is 2.69. The topological polar surface area (TPSA) is 0 Å². The molecule has 71 valence electrons. The molecule has 0 nitrogen and oxygen atoms in total. The van der Waals surface area contributed by atoms with Crippen LogP contribution in [0.3, 0.4) is 0 Å². The molecule has 0 bridgehead atoms. The first-order chi connectivity index (χ1) is 6.81. The van der Waals surface area contributed by atoms with Crippen LogP contribution in [0, 0.1) is 12.3 Å². The van der Waals surface area contributed by atoms with Crippen LogP contribution in [0.4, 0.5) is 0 Å². The second-order valence-electron chi connectivity index (χ2n) is 3.44. The third kappa shape index (κ3) is 1.73. The van der Waals surface area contributed by atoms with E-state index in [0.29, 0.717) is 5.92 Å². The van der Waals surface area contributed by atoms with Gasteiger partial charge in [-0.3, -0.25) is 0 Å². The minimum atomic E-state index is 0.431. The summed E-state index contributed by atoms with van der Waals surface area (Å²) in [5, 5.41) is 3.49. The summed E-state index contributed by atoms with van der Waals surface area (Å²) in [7, 11) is 0. The van der Waals surface area contributed by atoms with E-state index >= 15 is 0 Å². The Bertz CT molecular complexity index is 439. The zero-order chi connectivity index (χ0) is 9.97. The molecular formula is C13H13S. The summed E-state index contributed by atoms with van der Waals surface area (Å²) in [6.07, 6.45) is 4.22. The molecule has 1 heteroatoms. The van der Waals surface area contributed by atoms with Crippen LogP contribution in [0.5, 0.6) is 0 Å². The second kappa shape index (κ2) is 3.97. The monoisotopic (exact) mass is 201 g/mol. The van der Waals surface area contributed by atoms with Gasteiger partial charge in [0.25, 0.3) is 0 Å². The van der Waals surface area contributed by atoms with Gasteiger partial charge in [-0.1, -0.05) is 25.1 Å². The lowest BCUT2D eigenvalue weighted by atomic mass is 9.99. The Labute approximate surface area is 88.9 Å². The number of hydrogen-bond donors (Lipinski definition) is 0. The molecule has 14 heavy (non-hydrogen) atoms. The third-order valence-electron chi connectivity index (χ3n) is 2.34.